The fourth-order valence-electron chi connectivity index (χ4n) is 2.95. The van der Waals surface area contributed by atoms with Crippen LogP contribution >= 0.6 is 15.9 Å². The lowest BCUT2D eigenvalue weighted by Gasteiger charge is -2.32. The van der Waals surface area contributed by atoms with Crippen LogP contribution in [0.5, 0.6) is 0 Å². The minimum atomic E-state index is 0.104. The summed E-state index contributed by atoms with van der Waals surface area (Å²) in [5, 5.41) is 0. The highest BCUT2D eigenvalue weighted by Crippen LogP contribution is 2.41. The van der Waals surface area contributed by atoms with E-state index < -0.39 is 0 Å². The van der Waals surface area contributed by atoms with Crippen molar-refractivity contribution in [1.82, 2.24) is 0 Å². The Morgan fingerprint density at radius 3 is 2.84 bits per heavy atom. The third-order valence-corrected chi connectivity index (χ3v) is 4.77. The highest BCUT2D eigenvalue weighted by atomic mass is 79.9. The summed E-state index contributed by atoms with van der Waals surface area (Å²) < 4.78 is 1.12. The van der Waals surface area contributed by atoms with Crippen molar-refractivity contribution in [1.29, 1.82) is 0 Å². The average molecular weight is 316 g/mol. The number of rotatable bonds is 3. The van der Waals surface area contributed by atoms with Gasteiger partial charge in [-0.15, -0.1) is 0 Å². The van der Waals surface area contributed by atoms with Gasteiger partial charge in [-0.25, -0.2) is 0 Å². The van der Waals surface area contributed by atoms with E-state index in [4.69, 9.17) is 5.73 Å². The molecule has 0 saturated heterocycles. The highest BCUT2D eigenvalue weighted by Gasteiger charge is 2.27. The molecular formula is C17H18BrN. The largest absolute Gasteiger partial charge is 0.324 e. The Labute approximate surface area is 123 Å². The summed E-state index contributed by atoms with van der Waals surface area (Å²) in [6.45, 7) is 2.11. The molecule has 0 saturated carbocycles. The van der Waals surface area contributed by atoms with E-state index >= 15 is 0 Å². The summed E-state index contributed by atoms with van der Waals surface area (Å²) in [5.74, 6) is 0.624. The molecule has 2 atom stereocenters. The number of hydrogen-bond acceptors (Lipinski definition) is 1. The van der Waals surface area contributed by atoms with E-state index in [1.54, 1.807) is 0 Å². The van der Waals surface area contributed by atoms with Crippen LogP contribution in [-0.2, 0) is 6.42 Å². The predicted octanol–water partition coefficient (Wildman–Crippen LogP) is 4.49. The minimum Gasteiger partial charge on any atom is -0.324 e. The first-order valence-corrected chi connectivity index (χ1v) is 7.54. The molecule has 0 fully saturated rings. The summed E-state index contributed by atoms with van der Waals surface area (Å²) in [6.07, 6.45) is 2.20. The molecule has 1 aliphatic rings. The lowest BCUT2D eigenvalue weighted by molar-refractivity contribution is 0.497. The number of halogens is 1. The Bertz CT molecular complexity index is 606. The highest BCUT2D eigenvalue weighted by molar-refractivity contribution is 9.10. The van der Waals surface area contributed by atoms with Gasteiger partial charge < -0.3 is 5.73 Å². The van der Waals surface area contributed by atoms with Crippen molar-refractivity contribution in [3.63, 3.8) is 0 Å². The van der Waals surface area contributed by atoms with Crippen LogP contribution in [-0.4, -0.2) is 0 Å². The van der Waals surface area contributed by atoms with Crippen molar-refractivity contribution in [3.8, 4) is 0 Å². The monoisotopic (exact) mass is 315 g/mol. The Morgan fingerprint density at radius 2 is 2.05 bits per heavy atom. The van der Waals surface area contributed by atoms with E-state index in [-0.39, 0.29) is 6.04 Å². The van der Waals surface area contributed by atoms with Crippen LogP contribution in [0.4, 0.5) is 0 Å². The Hall–Kier alpha value is -1.12. The Morgan fingerprint density at radius 1 is 1.26 bits per heavy atom. The molecule has 2 unspecified atom stereocenters. The van der Waals surface area contributed by atoms with E-state index in [1.165, 1.54) is 28.7 Å². The molecule has 0 aliphatic heterocycles. The summed E-state index contributed by atoms with van der Waals surface area (Å²) >= 11 is 3.61. The normalized spacial score (nSPS) is 18.6. The second-order valence-electron chi connectivity index (χ2n) is 5.47. The third-order valence-electron chi connectivity index (χ3n) is 4.05. The lowest BCUT2D eigenvalue weighted by atomic mass is 9.74. The number of aryl methyl sites for hydroxylation is 1. The van der Waals surface area contributed by atoms with Crippen molar-refractivity contribution in [2.24, 2.45) is 5.73 Å². The van der Waals surface area contributed by atoms with Crippen molar-refractivity contribution < 1.29 is 0 Å². The molecule has 98 valence electrons. The van der Waals surface area contributed by atoms with Gasteiger partial charge in [0, 0.05) is 10.5 Å². The van der Waals surface area contributed by atoms with Crippen molar-refractivity contribution in [2.75, 3.05) is 0 Å². The Kier molecular flexibility index (Phi) is 3.46. The number of benzene rings is 2. The second kappa shape index (κ2) is 5.10. The molecule has 3 rings (SSSR count). The number of nitrogens with two attached hydrogens (primary N) is 1. The van der Waals surface area contributed by atoms with Crippen molar-refractivity contribution in [2.45, 2.75) is 31.7 Å². The van der Waals surface area contributed by atoms with Gasteiger partial charge in [0.05, 0.1) is 0 Å². The second-order valence-corrected chi connectivity index (χ2v) is 6.32. The van der Waals surface area contributed by atoms with Crippen LogP contribution in [0.3, 0.4) is 0 Å². The van der Waals surface area contributed by atoms with Gasteiger partial charge in [0.15, 0.2) is 0 Å². The molecule has 0 spiro atoms. The molecule has 2 aromatic carbocycles. The molecule has 0 heterocycles. The zero-order valence-corrected chi connectivity index (χ0v) is 12.7. The molecule has 0 bridgehead atoms. The fourth-order valence-corrected chi connectivity index (χ4v) is 3.49. The first-order valence-electron chi connectivity index (χ1n) is 6.74. The summed E-state index contributed by atoms with van der Waals surface area (Å²) in [6, 6.07) is 15.2. The lowest BCUT2D eigenvalue weighted by Crippen LogP contribution is -2.23. The van der Waals surface area contributed by atoms with Gasteiger partial charge in [0.2, 0.25) is 0 Å². The smallest absolute Gasteiger partial charge is 0.0312 e. The van der Waals surface area contributed by atoms with Gasteiger partial charge in [-0.2, -0.15) is 0 Å². The zero-order chi connectivity index (χ0) is 13.4. The van der Waals surface area contributed by atoms with Gasteiger partial charge in [0.1, 0.15) is 0 Å². The molecule has 19 heavy (non-hydrogen) atoms. The van der Waals surface area contributed by atoms with E-state index in [0.717, 1.165) is 10.9 Å². The van der Waals surface area contributed by atoms with E-state index in [0.29, 0.717) is 5.92 Å². The van der Waals surface area contributed by atoms with Gasteiger partial charge >= 0.3 is 0 Å². The first-order chi connectivity index (χ1) is 9.15. The minimum absolute atomic E-state index is 0.104. The van der Waals surface area contributed by atoms with Crippen LogP contribution in [0, 0.1) is 6.92 Å². The van der Waals surface area contributed by atoms with Crippen LogP contribution in [0.15, 0.2) is 46.9 Å². The molecule has 2 N–H and O–H groups in total. The summed E-state index contributed by atoms with van der Waals surface area (Å²) in [4.78, 5) is 0. The zero-order valence-electron chi connectivity index (χ0n) is 11.1. The maximum atomic E-state index is 6.40. The molecule has 0 radical (unpaired) electrons. The number of hydrogen-bond donors (Lipinski definition) is 1. The topological polar surface area (TPSA) is 26.0 Å². The molecule has 1 aliphatic carbocycles. The maximum Gasteiger partial charge on any atom is 0.0312 e. The Balaban J connectivity index is 1.76. The third kappa shape index (κ3) is 2.47. The van der Waals surface area contributed by atoms with E-state index in [2.05, 4.69) is 65.3 Å². The summed E-state index contributed by atoms with van der Waals surface area (Å²) in [7, 11) is 0. The van der Waals surface area contributed by atoms with Crippen LogP contribution < -0.4 is 5.73 Å². The van der Waals surface area contributed by atoms with E-state index in [1.807, 2.05) is 0 Å². The fraction of sp³-hybridized carbons (Fsp3) is 0.294. The van der Waals surface area contributed by atoms with Gasteiger partial charge in [-0.3, -0.25) is 0 Å². The van der Waals surface area contributed by atoms with Gasteiger partial charge in [0.25, 0.3) is 0 Å². The molecular weight excluding hydrogens is 298 g/mol. The SMILES string of the molecule is Cc1ccc(Br)c(C(N)CC2Cc3ccccc32)c1. The first kappa shape index (κ1) is 12.9. The molecule has 2 aromatic rings. The van der Waals surface area contributed by atoms with Gasteiger partial charge in [-0.05, 0) is 48.4 Å². The predicted molar refractivity (Wildman–Crippen MR) is 83.3 cm³/mol. The van der Waals surface area contributed by atoms with Crippen LogP contribution in [0.2, 0.25) is 0 Å². The maximum absolute atomic E-state index is 6.40. The molecule has 0 amide bonds. The summed E-state index contributed by atoms with van der Waals surface area (Å²) in [5.41, 5.74) is 11.9. The van der Waals surface area contributed by atoms with Crippen LogP contribution in [0.25, 0.3) is 0 Å². The standard InChI is InChI=1S/C17H18BrN/c1-11-6-7-16(18)15(8-11)17(19)10-13-9-12-4-2-3-5-14(12)13/h2-8,13,17H,9-10,19H2,1H3. The number of fused-ring (bicyclic) bond motifs is 1. The van der Waals surface area contributed by atoms with Crippen LogP contribution in [0.1, 0.15) is 40.6 Å². The molecule has 2 heteroatoms. The quantitative estimate of drug-likeness (QED) is 0.887. The van der Waals surface area contributed by atoms with E-state index in [9.17, 15) is 0 Å². The van der Waals surface area contributed by atoms with Crippen molar-refractivity contribution in [3.05, 3.63) is 69.2 Å². The molecule has 1 nitrogen and oxygen atoms in total. The average Bonchev–Trinajstić information content (AvgIpc) is 2.38. The van der Waals surface area contributed by atoms with Gasteiger partial charge in [-0.1, -0.05) is 57.9 Å². The molecule has 0 aromatic heterocycles. The van der Waals surface area contributed by atoms with Crippen molar-refractivity contribution >= 4 is 15.9 Å².